The topological polar surface area (TPSA) is 95.8 Å². The second kappa shape index (κ2) is 25.4. The summed E-state index contributed by atoms with van der Waals surface area (Å²) in [6, 6.07) is 29.7. The number of benzene rings is 5. The molecule has 0 unspecified atom stereocenters. The van der Waals surface area contributed by atoms with Crippen LogP contribution in [0.25, 0.3) is 0 Å². The first-order valence-corrected chi connectivity index (χ1v) is 22.2. The molecule has 0 spiro atoms. The fraction of sp³-hybridized carbons (Fsp3) is 0.333. The van der Waals surface area contributed by atoms with E-state index < -0.39 is 11.9 Å². The van der Waals surface area contributed by atoms with E-state index in [1.165, 1.54) is 51.4 Å². The van der Waals surface area contributed by atoms with Gasteiger partial charge in [-0.3, -0.25) is 9.98 Å². The standard InChI is InChI=1S/C51H56Cl2N2O6/c1-4-6-8-10-12-14-31-58-48-29-27-42(33-44(48)52)54-35-38-19-23-40(24-20-38)50(56)60-46-17-16-18-47(37(46)3)61-51(57)41-25-21-39(22-26-41)36-55-43-28-30-49(45(53)34-43)59-32-15-13-11-9-7-5-2/h16-30,33-36H,4-15,31-32H2,1-3H3. The molecule has 10 heteroatoms. The molecule has 61 heavy (non-hydrogen) atoms. The van der Waals surface area contributed by atoms with Crippen molar-refractivity contribution in [1.29, 1.82) is 0 Å². The monoisotopic (exact) mass is 862 g/mol. The van der Waals surface area contributed by atoms with Gasteiger partial charge in [-0.15, -0.1) is 0 Å². The van der Waals surface area contributed by atoms with Crippen molar-refractivity contribution in [3.8, 4) is 23.0 Å². The molecule has 5 rings (SSSR count). The molecule has 0 saturated heterocycles. The smallest absolute Gasteiger partial charge is 0.343 e. The van der Waals surface area contributed by atoms with Crippen molar-refractivity contribution in [1.82, 2.24) is 0 Å². The number of carbonyl (C=O) groups is 2. The van der Waals surface area contributed by atoms with Crippen molar-refractivity contribution in [2.75, 3.05) is 13.2 Å². The Balaban J connectivity index is 1.08. The zero-order valence-electron chi connectivity index (χ0n) is 35.5. The number of halogens is 2. The predicted molar refractivity (Wildman–Crippen MR) is 249 cm³/mol. The highest BCUT2D eigenvalue weighted by Gasteiger charge is 2.16. The molecular formula is C51H56Cl2N2O6. The van der Waals surface area contributed by atoms with E-state index in [0.717, 1.165) is 36.8 Å². The number of carbonyl (C=O) groups excluding carboxylic acids is 2. The summed E-state index contributed by atoms with van der Waals surface area (Å²) in [5.41, 5.74) is 4.17. The molecule has 0 aliphatic carbocycles. The Bertz CT molecular complexity index is 2070. The van der Waals surface area contributed by atoms with Crippen LogP contribution in [0.2, 0.25) is 10.0 Å². The van der Waals surface area contributed by atoms with Gasteiger partial charge in [0.25, 0.3) is 0 Å². The van der Waals surface area contributed by atoms with Gasteiger partial charge >= 0.3 is 11.9 Å². The third-order valence-corrected chi connectivity index (χ3v) is 10.6. The molecule has 0 aliphatic heterocycles. The number of rotatable bonds is 24. The molecule has 8 nitrogen and oxygen atoms in total. The van der Waals surface area contributed by atoms with Gasteiger partial charge in [0.15, 0.2) is 0 Å². The van der Waals surface area contributed by atoms with E-state index in [4.69, 9.17) is 42.1 Å². The zero-order chi connectivity index (χ0) is 43.2. The highest BCUT2D eigenvalue weighted by molar-refractivity contribution is 6.32. The van der Waals surface area contributed by atoms with Gasteiger partial charge in [-0.05, 0) is 104 Å². The molecule has 0 saturated carbocycles. The van der Waals surface area contributed by atoms with Gasteiger partial charge in [-0.25, -0.2) is 9.59 Å². The van der Waals surface area contributed by atoms with E-state index in [9.17, 15) is 9.59 Å². The largest absolute Gasteiger partial charge is 0.492 e. The molecule has 5 aromatic rings. The number of esters is 2. The van der Waals surface area contributed by atoms with Crippen LogP contribution in [0.5, 0.6) is 23.0 Å². The number of nitrogens with zero attached hydrogens (tertiary/aromatic N) is 2. The van der Waals surface area contributed by atoms with Crippen molar-refractivity contribution in [3.05, 3.63) is 141 Å². The predicted octanol–water partition coefficient (Wildman–Crippen LogP) is 14.7. The fourth-order valence-electron chi connectivity index (χ4n) is 6.34. The second-order valence-electron chi connectivity index (χ2n) is 14.9. The third-order valence-electron chi connectivity index (χ3n) is 10.00. The first-order valence-electron chi connectivity index (χ1n) is 21.4. The van der Waals surface area contributed by atoms with Gasteiger partial charge in [0.2, 0.25) is 0 Å². The molecule has 0 aliphatic rings. The van der Waals surface area contributed by atoms with Crippen molar-refractivity contribution in [3.63, 3.8) is 0 Å². The summed E-state index contributed by atoms with van der Waals surface area (Å²) in [4.78, 5) is 35.3. The van der Waals surface area contributed by atoms with Crippen molar-refractivity contribution in [2.24, 2.45) is 9.98 Å². The Morgan fingerprint density at radius 3 is 1.30 bits per heavy atom. The van der Waals surface area contributed by atoms with Crippen LogP contribution in [0.4, 0.5) is 11.4 Å². The van der Waals surface area contributed by atoms with Crippen LogP contribution < -0.4 is 18.9 Å². The molecule has 0 fully saturated rings. The minimum Gasteiger partial charge on any atom is -0.492 e. The van der Waals surface area contributed by atoms with Crippen LogP contribution in [0.15, 0.2) is 113 Å². The van der Waals surface area contributed by atoms with Crippen LogP contribution >= 0.6 is 23.2 Å². The first kappa shape index (κ1) is 46.6. The summed E-state index contributed by atoms with van der Waals surface area (Å²) in [7, 11) is 0. The molecule has 0 atom stereocenters. The third kappa shape index (κ3) is 15.5. The fourth-order valence-corrected chi connectivity index (χ4v) is 6.80. The molecule has 0 bridgehead atoms. The number of aliphatic imine (C=N–C) groups is 2. The number of ether oxygens (including phenoxy) is 4. The average Bonchev–Trinajstić information content (AvgIpc) is 3.27. The van der Waals surface area contributed by atoms with E-state index in [2.05, 4.69) is 23.8 Å². The Labute approximate surface area is 370 Å². The van der Waals surface area contributed by atoms with E-state index in [-0.39, 0.29) is 11.5 Å². The number of hydrogen-bond donors (Lipinski definition) is 0. The highest BCUT2D eigenvalue weighted by Crippen LogP contribution is 2.32. The van der Waals surface area contributed by atoms with Gasteiger partial charge in [-0.1, -0.05) is 132 Å². The van der Waals surface area contributed by atoms with Gasteiger partial charge in [0, 0.05) is 18.0 Å². The zero-order valence-corrected chi connectivity index (χ0v) is 37.0. The lowest BCUT2D eigenvalue weighted by Crippen LogP contribution is -2.12. The van der Waals surface area contributed by atoms with Crippen molar-refractivity contribution < 1.29 is 28.5 Å². The summed E-state index contributed by atoms with van der Waals surface area (Å²) < 4.78 is 23.2. The van der Waals surface area contributed by atoms with Gasteiger partial charge < -0.3 is 18.9 Å². The maximum Gasteiger partial charge on any atom is 0.343 e. The maximum absolute atomic E-state index is 13.1. The Kier molecular flexibility index (Phi) is 19.4. The molecule has 5 aromatic carbocycles. The SMILES string of the molecule is CCCCCCCCOc1ccc(N=Cc2ccc(C(=O)Oc3cccc(OC(=O)c4ccc(C=Nc5ccc(OCCCCCCCC)c(Cl)c5)cc4)c3C)cc2)cc1Cl. The summed E-state index contributed by atoms with van der Waals surface area (Å²) in [5, 5.41) is 1.02. The Hall–Kier alpha value is -5.44. The van der Waals surface area contributed by atoms with Crippen LogP contribution in [0.1, 0.15) is 128 Å². The van der Waals surface area contributed by atoms with Crippen LogP contribution in [-0.4, -0.2) is 37.6 Å². The molecule has 0 heterocycles. The first-order chi connectivity index (χ1) is 29.7. The van der Waals surface area contributed by atoms with Gasteiger partial charge in [-0.2, -0.15) is 0 Å². The van der Waals surface area contributed by atoms with Crippen LogP contribution in [0, 0.1) is 6.92 Å². The van der Waals surface area contributed by atoms with Crippen molar-refractivity contribution >= 4 is 58.9 Å². The molecular weight excluding hydrogens is 807 g/mol. The van der Waals surface area contributed by atoms with Gasteiger partial charge in [0.1, 0.15) is 23.0 Å². The summed E-state index contributed by atoms with van der Waals surface area (Å²) >= 11 is 12.9. The van der Waals surface area contributed by atoms with E-state index >= 15 is 0 Å². The quantitative estimate of drug-likeness (QED) is 0.0265. The highest BCUT2D eigenvalue weighted by atomic mass is 35.5. The number of unbranched alkanes of at least 4 members (excludes halogenated alkanes) is 10. The lowest BCUT2D eigenvalue weighted by Gasteiger charge is -2.12. The Morgan fingerprint density at radius 1 is 0.508 bits per heavy atom. The summed E-state index contributed by atoms with van der Waals surface area (Å²) in [6.07, 6.45) is 17.7. The average molecular weight is 864 g/mol. The molecule has 0 aromatic heterocycles. The van der Waals surface area contributed by atoms with E-state index in [1.54, 1.807) is 98.2 Å². The van der Waals surface area contributed by atoms with Crippen LogP contribution in [-0.2, 0) is 0 Å². The minimum atomic E-state index is -0.550. The van der Waals surface area contributed by atoms with Gasteiger partial charge in [0.05, 0.1) is 45.8 Å². The molecule has 0 N–H and O–H groups in total. The molecule has 0 amide bonds. The lowest BCUT2D eigenvalue weighted by molar-refractivity contribution is 0.0730. The molecule has 320 valence electrons. The summed E-state index contributed by atoms with van der Waals surface area (Å²) in [6.45, 7) is 7.43. The Morgan fingerprint density at radius 2 is 0.902 bits per heavy atom. The second-order valence-corrected chi connectivity index (χ2v) is 15.7. The maximum atomic E-state index is 13.1. The van der Waals surface area contributed by atoms with E-state index in [0.29, 0.717) is 62.8 Å². The summed E-state index contributed by atoms with van der Waals surface area (Å²) in [5.74, 6) is 0.759. The lowest BCUT2D eigenvalue weighted by atomic mass is 10.1. The molecule has 0 radical (unpaired) electrons. The van der Waals surface area contributed by atoms with Crippen LogP contribution in [0.3, 0.4) is 0 Å². The normalized spacial score (nSPS) is 11.3. The minimum absolute atomic E-state index is 0.279. The van der Waals surface area contributed by atoms with E-state index in [1.807, 2.05) is 24.3 Å². The van der Waals surface area contributed by atoms with Crippen molar-refractivity contribution in [2.45, 2.75) is 97.8 Å². The number of hydrogen-bond acceptors (Lipinski definition) is 8.